The second-order valence-corrected chi connectivity index (χ2v) is 4.81. The number of pyridine rings is 1. The fourth-order valence-electron chi connectivity index (χ4n) is 2.05. The Morgan fingerprint density at radius 2 is 1.85 bits per heavy atom. The van der Waals surface area contributed by atoms with Gasteiger partial charge in [-0.25, -0.2) is 0 Å². The van der Waals surface area contributed by atoms with Gasteiger partial charge in [-0.1, -0.05) is 11.6 Å². The molecule has 0 aliphatic heterocycles. The van der Waals surface area contributed by atoms with Gasteiger partial charge < -0.3 is 10.1 Å². The van der Waals surface area contributed by atoms with Crippen LogP contribution in [0.15, 0.2) is 54.7 Å². The van der Waals surface area contributed by atoms with E-state index < -0.39 is 0 Å². The highest BCUT2D eigenvalue weighted by Gasteiger charge is 2.04. The molecule has 3 nitrogen and oxygen atoms in total. The maximum absolute atomic E-state index is 5.89. The number of rotatable bonds is 3. The first-order valence-corrected chi connectivity index (χ1v) is 6.59. The van der Waals surface area contributed by atoms with Crippen LogP contribution in [0.3, 0.4) is 0 Å². The summed E-state index contributed by atoms with van der Waals surface area (Å²) < 4.78 is 5.27. The average molecular weight is 285 g/mol. The predicted molar refractivity (Wildman–Crippen MR) is 83.0 cm³/mol. The van der Waals surface area contributed by atoms with E-state index in [1.54, 1.807) is 13.3 Å². The van der Waals surface area contributed by atoms with E-state index in [-0.39, 0.29) is 0 Å². The summed E-state index contributed by atoms with van der Waals surface area (Å²) in [6.45, 7) is 0. The van der Waals surface area contributed by atoms with Crippen molar-refractivity contribution in [3.05, 3.63) is 59.8 Å². The first-order valence-electron chi connectivity index (χ1n) is 6.21. The molecule has 1 heterocycles. The summed E-state index contributed by atoms with van der Waals surface area (Å²) in [5.74, 6) is 0.810. The van der Waals surface area contributed by atoms with E-state index >= 15 is 0 Å². The van der Waals surface area contributed by atoms with E-state index in [0.29, 0.717) is 0 Å². The fourth-order valence-corrected chi connectivity index (χ4v) is 2.18. The van der Waals surface area contributed by atoms with Crippen LogP contribution in [0.5, 0.6) is 5.75 Å². The SMILES string of the molecule is COc1ccc2nccc(Nc3ccc(Cl)cc3)c2c1. The third-order valence-electron chi connectivity index (χ3n) is 3.07. The molecule has 0 atom stereocenters. The van der Waals surface area contributed by atoms with Crippen molar-refractivity contribution in [2.45, 2.75) is 0 Å². The third-order valence-corrected chi connectivity index (χ3v) is 3.32. The zero-order valence-corrected chi connectivity index (χ0v) is 11.7. The van der Waals surface area contributed by atoms with Crippen molar-refractivity contribution >= 4 is 33.9 Å². The van der Waals surface area contributed by atoms with Gasteiger partial charge in [0.2, 0.25) is 0 Å². The molecular weight excluding hydrogens is 272 g/mol. The lowest BCUT2D eigenvalue weighted by Gasteiger charge is -2.10. The zero-order chi connectivity index (χ0) is 13.9. The standard InChI is InChI=1S/C16H13ClN2O/c1-20-13-6-7-15-14(10-13)16(8-9-18-15)19-12-4-2-11(17)3-5-12/h2-10H,1H3,(H,18,19). The Hall–Kier alpha value is -2.26. The topological polar surface area (TPSA) is 34.1 Å². The van der Waals surface area contributed by atoms with Gasteiger partial charge in [0.05, 0.1) is 12.6 Å². The molecule has 0 bridgehead atoms. The lowest BCUT2D eigenvalue weighted by Crippen LogP contribution is -1.93. The fraction of sp³-hybridized carbons (Fsp3) is 0.0625. The molecule has 100 valence electrons. The Bertz CT molecular complexity index is 741. The normalized spacial score (nSPS) is 10.5. The number of nitrogens with zero attached hydrogens (tertiary/aromatic N) is 1. The molecule has 0 saturated carbocycles. The van der Waals surface area contributed by atoms with Gasteiger partial charge in [0, 0.05) is 28.0 Å². The Kier molecular flexibility index (Phi) is 3.44. The number of benzene rings is 2. The molecule has 0 aliphatic rings. The van der Waals surface area contributed by atoms with Gasteiger partial charge in [0.25, 0.3) is 0 Å². The number of fused-ring (bicyclic) bond motifs is 1. The molecule has 20 heavy (non-hydrogen) atoms. The van der Waals surface area contributed by atoms with Gasteiger partial charge in [-0.2, -0.15) is 0 Å². The van der Waals surface area contributed by atoms with E-state index in [2.05, 4.69) is 10.3 Å². The van der Waals surface area contributed by atoms with E-state index in [1.165, 1.54) is 0 Å². The van der Waals surface area contributed by atoms with Crippen LogP contribution in [0.25, 0.3) is 10.9 Å². The van der Waals surface area contributed by atoms with Gasteiger partial charge in [0.1, 0.15) is 5.75 Å². The number of anilines is 2. The van der Waals surface area contributed by atoms with E-state index in [9.17, 15) is 0 Å². The van der Waals surface area contributed by atoms with E-state index in [1.807, 2.05) is 48.5 Å². The molecule has 2 aromatic carbocycles. The van der Waals surface area contributed by atoms with Gasteiger partial charge in [-0.05, 0) is 48.5 Å². The number of nitrogens with one attached hydrogen (secondary N) is 1. The highest BCUT2D eigenvalue weighted by atomic mass is 35.5. The molecule has 0 amide bonds. The summed E-state index contributed by atoms with van der Waals surface area (Å²) >= 11 is 5.89. The number of methoxy groups -OCH3 is 1. The molecule has 0 unspecified atom stereocenters. The lowest BCUT2D eigenvalue weighted by molar-refractivity contribution is 0.415. The largest absolute Gasteiger partial charge is 0.497 e. The molecule has 1 N–H and O–H groups in total. The zero-order valence-electron chi connectivity index (χ0n) is 10.9. The second-order valence-electron chi connectivity index (χ2n) is 4.37. The number of aromatic nitrogens is 1. The molecular formula is C16H13ClN2O. The summed E-state index contributed by atoms with van der Waals surface area (Å²) in [7, 11) is 1.66. The van der Waals surface area contributed by atoms with Crippen molar-refractivity contribution in [1.29, 1.82) is 0 Å². The summed E-state index contributed by atoms with van der Waals surface area (Å²) in [6.07, 6.45) is 1.78. The van der Waals surface area contributed by atoms with Crippen molar-refractivity contribution < 1.29 is 4.74 Å². The van der Waals surface area contributed by atoms with Gasteiger partial charge >= 0.3 is 0 Å². The smallest absolute Gasteiger partial charge is 0.119 e. The van der Waals surface area contributed by atoms with Gasteiger partial charge in [-0.3, -0.25) is 4.98 Å². The Morgan fingerprint density at radius 1 is 1.05 bits per heavy atom. The lowest BCUT2D eigenvalue weighted by atomic mass is 10.1. The maximum atomic E-state index is 5.89. The maximum Gasteiger partial charge on any atom is 0.119 e. The number of hydrogen-bond donors (Lipinski definition) is 1. The Labute approximate surface area is 122 Å². The minimum atomic E-state index is 0.719. The van der Waals surface area contributed by atoms with Crippen molar-refractivity contribution in [3.8, 4) is 5.75 Å². The molecule has 0 aliphatic carbocycles. The molecule has 0 radical (unpaired) electrons. The Balaban J connectivity index is 2.04. The van der Waals surface area contributed by atoms with Crippen molar-refractivity contribution in [2.24, 2.45) is 0 Å². The Morgan fingerprint density at radius 3 is 2.60 bits per heavy atom. The summed E-state index contributed by atoms with van der Waals surface area (Å²) in [4.78, 5) is 4.36. The second kappa shape index (κ2) is 5.39. The van der Waals surface area contributed by atoms with Crippen LogP contribution in [0.2, 0.25) is 5.02 Å². The van der Waals surface area contributed by atoms with Crippen LogP contribution in [-0.2, 0) is 0 Å². The molecule has 4 heteroatoms. The van der Waals surface area contributed by atoms with Crippen molar-refractivity contribution in [1.82, 2.24) is 4.98 Å². The molecule has 0 spiro atoms. The first-order chi connectivity index (χ1) is 9.76. The monoisotopic (exact) mass is 284 g/mol. The summed E-state index contributed by atoms with van der Waals surface area (Å²) in [5, 5.41) is 5.11. The average Bonchev–Trinajstić information content (AvgIpc) is 2.49. The molecule has 3 rings (SSSR count). The highest BCUT2D eigenvalue weighted by Crippen LogP contribution is 2.28. The van der Waals surface area contributed by atoms with Crippen LogP contribution < -0.4 is 10.1 Å². The minimum absolute atomic E-state index is 0.719. The first kappa shape index (κ1) is 12.8. The van der Waals surface area contributed by atoms with Crippen LogP contribution in [0.1, 0.15) is 0 Å². The van der Waals surface area contributed by atoms with Crippen molar-refractivity contribution in [2.75, 3.05) is 12.4 Å². The van der Waals surface area contributed by atoms with Crippen LogP contribution >= 0.6 is 11.6 Å². The van der Waals surface area contributed by atoms with Gasteiger partial charge in [-0.15, -0.1) is 0 Å². The van der Waals surface area contributed by atoms with Crippen LogP contribution in [-0.4, -0.2) is 12.1 Å². The summed E-state index contributed by atoms with van der Waals surface area (Å²) in [6, 6.07) is 15.4. The minimum Gasteiger partial charge on any atom is -0.497 e. The number of halogens is 1. The number of hydrogen-bond acceptors (Lipinski definition) is 3. The number of ether oxygens (including phenoxy) is 1. The predicted octanol–water partition coefficient (Wildman–Crippen LogP) is 4.64. The molecule has 3 aromatic rings. The third kappa shape index (κ3) is 2.53. The van der Waals surface area contributed by atoms with E-state index in [0.717, 1.165) is 33.0 Å². The van der Waals surface area contributed by atoms with Gasteiger partial charge in [0.15, 0.2) is 0 Å². The molecule has 1 aromatic heterocycles. The highest BCUT2D eigenvalue weighted by molar-refractivity contribution is 6.30. The van der Waals surface area contributed by atoms with Crippen LogP contribution in [0.4, 0.5) is 11.4 Å². The summed E-state index contributed by atoms with van der Waals surface area (Å²) in [5.41, 5.74) is 2.88. The quantitative estimate of drug-likeness (QED) is 0.761. The molecule has 0 saturated heterocycles. The molecule has 0 fully saturated rings. The van der Waals surface area contributed by atoms with Crippen molar-refractivity contribution in [3.63, 3.8) is 0 Å². The van der Waals surface area contributed by atoms with Crippen LogP contribution in [0, 0.1) is 0 Å². The van der Waals surface area contributed by atoms with E-state index in [4.69, 9.17) is 16.3 Å².